The molecule has 1 N–H and O–H groups in total. The topological polar surface area (TPSA) is 12.0 Å². The van der Waals surface area contributed by atoms with Crippen LogP contribution >= 0.6 is 0 Å². The van der Waals surface area contributed by atoms with Crippen molar-refractivity contribution in [1.82, 2.24) is 5.32 Å². The Labute approximate surface area is 91.5 Å². The molecule has 16 heavy (non-hydrogen) atoms. The van der Waals surface area contributed by atoms with Crippen molar-refractivity contribution in [2.24, 2.45) is 0 Å². The van der Waals surface area contributed by atoms with Crippen molar-refractivity contribution in [1.29, 1.82) is 0 Å². The molecule has 1 aromatic carbocycles. The van der Waals surface area contributed by atoms with E-state index in [1.807, 2.05) is 0 Å². The molecule has 0 aliphatic rings. The van der Waals surface area contributed by atoms with Gasteiger partial charge in [-0.25, -0.2) is 4.39 Å². The van der Waals surface area contributed by atoms with Gasteiger partial charge in [0.15, 0.2) is 0 Å². The second-order valence-corrected chi connectivity index (χ2v) is 3.45. The molecule has 1 nitrogen and oxygen atoms in total. The number of hydrogen-bond donors (Lipinski definition) is 1. The summed E-state index contributed by atoms with van der Waals surface area (Å²) in [5, 5.41) is 2.30. The van der Waals surface area contributed by atoms with Crippen LogP contribution < -0.4 is 5.32 Å². The molecule has 0 bridgehead atoms. The van der Waals surface area contributed by atoms with Crippen LogP contribution in [0.3, 0.4) is 0 Å². The molecule has 0 aliphatic heterocycles. The van der Waals surface area contributed by atoms with E-state index in [1.165, 1.54) is 12.1 Å². The van der Waals surface area contributed by atoms with Crippen LogP contribution in [0.4, 0.5) is 17.6 Å². The summed E-state index contributed by atoms with van der Waals surface area (Å²) in [4.78, 5) is 0. The summed E-state index contributed by atoms with van der Waals surface area (Å²) in [6.07, 6.45) is -3.93. The summed E-state index contributed by atoms with van der Waals surface area (Å²) < 4.78 is 51.3. The molecular formula is C11H13F4N. The van der Waals surface area contributed by atoms with E-state index in [0.717, 1.165) is 12.1 Å². The third-order valence-corrected chi connectivity index (χ3v) is 2.14. The standard InChI is InChI=1S/C11H13F4N/c1-2-7-16-10(11(13,14)15)8-5-3-4-6-9(8)12/h3-6,10,16H,2,7H2,1H3. The van der Waals surface area contributed by atoms with Gasteiger partial charge in [-0.3, -0.25) is 0 Å². The summed E-state index contributed by atoms with van der Waals surface area (Å²) in [5.41, 5.74) is -0.358. The van der Waals surface area contributed by atoms with Gasteiger partial charge >= 0.3 is 6.18 Å². The van der Waals surface area contributed by atoms with Crippen LogP contribution in [0.5, 0.6) is 0 Å². The molecule has 90 valence electrons. The van der Waals surface area contributed by atoms with Gasteiger partial charge in [-0.05, 0) is 19.0 Å². The van der Waals surface area contributed by atoms with E-state index < -0.39 is 18.0 Å². The highest BCUT2D eigenvalue weighted by Crippen LogP contribution is 2.33. The Morgan fingerprint density at radius 3 is 2.38 bits per heavy atom. The molecule has 1 aromatic rings. The zero-order valence-electron chi connectivity index (χ0n) is 8.81. The van der Waals surface area contributed by atoms with Crippen LogP contribution in [0, 0.1) is 5.82 Å². The number of halogens is 4. The van der Waals surface area contributed by atoms with Crippen LogP contribution in [-0.2, 0) is 0 Å². The van der Waals surface area contributed by atoms with Crippen molar-refractivity contribution < 1.29 is 17.6 Å². The van der Waals surface area contributed by atoms with E-state index in [1.54, 1.807) is 6.92 Å². The van der Waals surface area contributed by atoms with Gasteiger partial charge in [0.05, 0.1) is 0 Å². The Morgan fingerprint density at radius 1 is 1.25 bits per heavy atom. The summed E-state index contributed by atoms with van der Waals surface area (Å²) in [6, 6.07) is 3.00. The third-order valence-electron chi connectivity index (χ3n) is 2.14. The molecule has 1 rings (SSSR count). The van der Waals surface area contributed by atoms with E-state index in [-0.39, 0.29) is 12.1 Å². The zero-order valence-corrected chi connectivity index (χ0v) is 8.81. The molecule has 0 fully saturated rings. The van der Waals surface area contributed by atoms with Crippen LogP contribution in [0.1, 0.15) is 24.9 Å². The van der Waals surface area contributed by atoms with Gasteiger partial charge in [-0.15, -0.1) is 0 Å². The molecule has 0 spiro atoms. The molecule has 0 radical (unpaired) electrons. The predicted octanol–water partition coefficient (Wildman–Crippen LogP) is 3.43. The normalized spacial score (nSPS) is 13.8. The van der Waals surface area contributed by atoms with E-state index >= 15 is 0 Å². The fourth-order valence-corrected chi connectivity index (χ4v) is 1.40. The predicted molar refractivity (Wildman–Crippen MR) is 53.5 cm³/mol. The molecule has 0 aliphatic carbocycles. The lowest BCUT2D eigenvalue weighted by molar-refractivity contribution is -0.158. The minimum Gasteiger partial charge on any atom is -0.302 e. The molecule has 0 saturated carbocycles. The Kier molecular flexibility index (Phi) is 4.29. The van der Waals surface area contributed by atoms with Crippen molar-refractivity contribution in [2.75, 3.05) is 6.54 Å². The number of nitrogens with one attached hydrogen (secondary N) is 1. The van der Waals surface area contributed by atoms with Crippen LogP contribution in [-0.4, -0.2) is 12.7 Å². The van der Waals surface area contributed by atoms with Gasteiger partial charge in [0.25, 0.3) is 0 Å². The molecular weight excluding hydrogens is 222 g/mol. The van der Waals surface area contributed by atoms with Crippen LogP contribution in [0.2, 0.25) is 0 Å². The maximum Gasteiger partial charge on any atom is 0.408 e. The number of benzene rings is 1. The highest BCUT2D eigenvalue weighted by molar-refractivity contribution is 5.22. The van der Waals surface area contributed by atoms with Crippen molar-refractivity contribution >= 4 is 0 Å². The first-order chi connectivity index (χ1) is 7.46. The highest BCUT2D eigenvalue weighted by atomic mass is 19.4. The van der Waals surface area contributed by atoms with Crippen molar-refractivity contribution in [3.8, 4) is 0 Å². The van der Waals surface area contributed by atoms with Gasteiger partial charge in [0.1, 0.15) is 11.9 Å². The number of hydrogen-bond acceptors (Lipinski definition) is 1. The monoisotopic (exact) mass is 235 g/mol. The molecule has 0 saturated heterocycles. The molecule has 5 heteroatoms. The smallest absolute Gasteiger partial charge is 0.302 e. The van der Waals surface area contributed by atoms with Crippen LogP contribution in [0.25, 0.3) is 0 Å². The molecule has 1 atom stereocenters. The summed E-state index contributed by atoms with van der Waals surface area (Å²) in [7, 11) is 0. The number of rotatable bonds is 4. The SMILES string of the molecule is CCCNC(c1ccccc1F)C(F)(F)F. The highest BCUT2D eigenvalue weighted by Gasteiger charge is 2.41. The first-order valence-electron chi connectivity index (χ1n) is 5.01. The fraction of sp³-hybridized carbons (Fsp3) is 0.455. The van der Waals surface area contributed by atoms with Crippen LogP contribution in [0.15, 0.2) is 24.3 Å². The van der Waals surface area contributed by atoms with Crippen molar-refractivity contribution in [3.05, 3.63) is 35.6 Å². The second kappa shape index (κ2) is 5.30. The lowest BCUT2D eigenvalue weighted by Crippen LogP contribution is -2.35. The van der Waals surface area contributed by atoms with Crippen molar-refractivity contribution in [2.45, 2.75) is 25.6 Å². The first kappa shape index (κ1) is 13.0. The summed E-state index contributed by atoms with van der Waals surface area (Å²) in [6.45, 7) is 1.94. The van der Waals surface area contributed by atoms with Gasteiger partial charge in [-0.1, -0.05) is 25.1 Å². The van der Waals surface area contributed by atoms with E-state index in [2.05, 4.69) is 5.32 Å². The largest absolute Gasteiger partial charge is 0.408 e. The lowest BCUT2D eigenvalue weighted by Gasteiger charge is -2.22. The average Bonchev–Trinajstić information content (AvgIpc) is 2.19. The average molecular weight is 235 g/mol. The van der Waals surface area contributed by atoms with Gasteiger partial charge in [0.2, 0.25) is 0 Å². The van der Waals surface area contributed by atoms with E-state index in [9.17, 15) is 17.6 Å². The molecule has 0 aromatic heterocycles. The second-order valence-electron chi connectivity index (χ2n) is 3.45. The number of alkyl halides is 3. The van der Waals surface area contributed by atoms with Gasteiger partial charge in [-0.2, -0.15) is 13.2 Å². The molecule has 0 heterocycles. The van der Waals surface area contributed by atoms with Gasteiger partial charge in [0, 0.05) is 5.56 Å². The minimum absolute atomic E-state index is 0.193. The Bertz CT molecular complexity index is 335. The lowest BCUT2D eigenvalue weighted by atomic mass is 10.1. The Hall–Kier alpha value is -1.10. The molecule has 0 amide bonds. The fourth-order valence-electron chi connectivity index (χ4n) is 1.40. The quantitative estimate of drug-likeness (QED) is 0.788. The zero-order chi connectivity index (χ0) is 12.2. The van der Waals surface area contributed by atoms with E-state index in [0.29, 0.717) is 6.42 Å². The first-order valence-corrected chi connectivity index (χ1v) is 5.01. The summed E-state index contributed by atoms with van der Waals surface area (Å²) in [5.74, 6) is -0.839. The Balaban J connectivity index is 2.97. The van der Waals surface area contributed by atoms with Gasteiger partial charge < -0.3 is 5.32 Å². The van der Waals surface area contributed by atoms with Crippen molar-refractivity contribution in [3.63, 3.8) is 0 Å². The molecule has 1 unspecified atom stereocenters. The summed E-state index contributed by atoms with van der Waals surface area (Å²) >= 11 is 0. The van der Waals surface area contributed by atoms with E-state index in [4.69, 9.17) is 0 Å². The maximum atomic E-state index is 13.3. The minimum atomic E-state index is -4.49. The third kappa shape index (κ3) is 3.20. The maximum absolute atomic E-state index is 13.3. The Morgan fingerprint density at radius 2 is 1.88 bits per heavy atom.